The molecule has 0 aliphatic heterocycles. The fraction of sp³-hybridized carbons (Fsp3) is 0.875. The molecule has 0 aromatic carbocycles. The van der Waals surface area contributed by atoms with Crippen LogP contribution in [0.3, 0.4) is 0 Å². The molecule has 1 N–H and O–H groups in total. The minimum atomic E-state index is 0.784. The zero-order valence-electron chi connectivity index (χ0n) is 12.0. The number of nitrogens with one attached hydrogen (secondary N) is 1. The van der Waals surface area contributed by atoms with Gasteiger partial charge >= 0.3 is 0 Å². The smallest absolute Gasteiger partial charge is 0.00954 e. The number of allylic oxidation sites excluding steroid dienone is 2. The van der Waals surface area contributed by atoms with Crippen molar-refractivity contribution in [3.8, 4) is 0 Å². The summed E-state index contributed by atoms with van der Waals surface area (Å²) >= 11 is 0. The summed E-state index contributed by atoms with van der Waals surface area (Å²) in [6.07, 6.45) is 7.95. The molecule has 17 heavy (non-hydrogen) atoms. The topological polar surface area (TPSA) is 12.0 Å². The Balaban J connectivity index is 1.77. The lowest BCUT2D eigenvalue weighted by Gasteiger charge is -2.28. The van der Waals surface area contributed by atoms with E-state index in [4.69, 9.17) is 0 Å². The fourth-order valence-electron chi connectivity index (χ4n) is 3.81. The van der Waals surface area contributed by atoms with Crippen molar-refractivity contribution in [2.45, 2.75) is 59.4 Å². The van der Waals surface area contributed by atoms with Gasteiger partial charge in [-0.3, -0.25) is 0 Å². The summed E-state index contributed by atoms with van der Waals surface area (Å²) in [4.78, 5) is 0. The van der Waals surface area contributed by atoms with Crippen LogP contribution in [0.25, 0.3) is 0 Å². The summed E-state index contributed by atoms with van der Waals surface area (Å²) in [5.74, 6) is 3.45. The van der Waals surface area contributed by atoms with E-state index < -0.39 is 0 Å². The third-order valence-corrected chi connectivity index (χ3v) is 5.02. The molecule has 5 atom stereocenters. The van der Waals surface area contributed by atoms with E-state index in [1.807, 2.05) is 0 Å². The normalized spacial score (nSPS) is 42.6. The summed E-state index contributed by atoms with van der Waals surface area (Å²) < 4.78 is 0. The predicted octanol–water partition coefficient (Wildman–Crippen LogP) is 4.00. The average Bonchev–Trinajstić information content (AvgIpc) is 2.56. The van der Waals surface area contributed by atoms with E-state index in [0.29, 0.717) is 0 Å². The second-order valence-corrected chi connectivity index (χ2v) is 6.72. The van der Waals surface area contributed by atoms with E-state index in [-0.39, 0.29) is 0 Å². The van der Waals surface area contributed by atoms with Crippen LogP contribution in [-0.4, -0.2) is 12.6 Å². The lowest BCUT2D eigenvalue weighted by atomic mass is 9.83. The highest BCUT2D eigenvalue weighted by atomic mass is 14.9. The van der Waals surface area contributed by atoms with Gasteiger partial charge < -0.3 is 5.32 Å². The molecule has 0 aromatic heterocycles. The van der Waals surface area contributed by atoms with Crippen LogP contribution >= 0.6 is 0 Å². The van der Waals surface area contributed by atoms with Crippen LogP contribution in [0.15, 0.2) is 11.6 Å². The summed E-state index contributed by atoms with van der Waals surface area (Å²) in [6.45, 7) is 10.7. The highest BCUT2D eigenvalue weighted by molar-refractivity contribution is 5.06. The van der Waals surface area contributed by atoms with Gasteiger partial charge in [-0.15, -0.1) is 0 Å². The van der Waals surface area contributed by atoms with Gasteiger partial charge in [0.25, 0.3) is 0 Å². The van der Waals surface area contributed by atoms with Gasteiger partial charge in [-0.2, -0.15) is 0 Å². The van der Waals surface area contributed by atoms with Gasteiger partial charge in [0.15, 0.2) is 0 Å². The van der Waals surface area contributed by atoms with E-state index in [1.54, 1.807) is 5.57 Å². The van der Waals surface area contributed by atoms with Crippen molar-refractivity contribution in [2.75, 3.05) is 6.54 Å². The summed E-state index contributed by atoms with van der Waals surface area (Å²) in [5, 5.41) is 3.85. The molecule has 0 aromatic rings. The van der Waals surface area contributed by atoms with Crippen molar-refractivity contribution in [2.24, 2.45) is 23.7 Å². The van der Waals surface area contributed by atoms with Gasteiger partial charge in [-0.05, 0) is 62.8 Å². The van der Waals surface area contributed by atoms with Gasteiger partial charge in [-0.25, -0.2) is 0 Å². The second-order valence-electron chi connectivity index (χ2n) is 6.72. The van der Waals surface area contributed by atoms with Gasteiger partial charge in [0.2, 0.25) is 0 Å². The Morgan fingerprint density at radius 3 is 2.59 bits per heavy atom. The second kappa shape index (κ2) is 5.56. The fourth-order valence-corrected chi connectivity index (χ4v) is 3.81. The van der Waals surface area contributed by atoms with E-state index in [9.17, 15) is 0 Å². The molecule has 0 spiro atoms. The van der Waals surface area contributed by atoms with Gasteiger partial charge in [-0.1, -0.05) is 32.4 Å². The standard InChI is InChI=1S/C16H29N/c1-11-7-12(2)9-15(8-11)10-17-16-6-5-13(3)14(16)4/h7,11,13-17H,5-6,8-10H2,1-4H3. The van der Waals surface area contributed by atoms with Crippen LogP contribution in [0.5, 0.6) is 0 Å². The molecule has 0 radical (unpaired) electrons. The maximum Gasteiger partial charge on any atom is 0.00954 e. The molecule has 0 saturated heterocycles. The van der Waals surface area contributed by atoms with Crippen LogP contribution in [0.2, 0.25) is 0 Å². The minimum absolute atomic E-state index is 0.784. The average molecular weight is 235 g/mol. The van der Waals surface area contributed by atoms with Gasteiger partial charge in [0, 0.05) is 6.04 Å². The van der Waals surface area contributed by atoms with Gasteiger partial charge in [0.1, 0.15) is 0 Å². The van der Waals surface area contributed by atoms with Crippen LogP contribution in [0.4, 0.5) is 0 Å². The molecule has 2 aliphatic rings. The summed E-state index contributed by atoms with van der Waals surface area (Å²) in [6, 6.07) is 0.784. The zero-order valence-corrected chi connectivity index (χ0v) is 12.0. The number of hydrogen-bond donors (Lipinski definition) is 1. The monoisotopic (exact) mass is 235 g/mol. The first-order valence-electron chi connectivity index (χ1n) is 7.47. The molecule has 1 nitrogen and oxygen atoms in total. The SMILES string of the molecule is CC1=CC(C)CC(CNC2CCC(C)C2C)C1. The molecule has 0 amide bonds. The van der Waals surface area contributed by atoms with Crippen molar-refractivity contribution in [3.05, 3.63) is 11.6 Å². The molecule has 2 rings (SSSR count). The maximum atomic E-state index is 3.85. The van der Waals surface area contributed by atoms with Crippen molar-refractivity contribution in [1.82, 2.24) is 5.32 Å². The van der Waals surface area contributed by atoms with Crippen LogP contribution in [0.1, 0.15) is 53.4 Å². The molecule has 98 valence electrons. The van der Waals surface area contributed by atoms with Crippen molar-refractivity contribution in [3.63, 3.8) is 0 Å². The molecule has 1 fully saturated rings. The minimum Gasteiger partial charge on any atom is -0.313 e. The molecule has 1 saturated carbocycles. The molecular weight excluding hydrogens is 206 g/mol. The van der Waals surface area contributed by atoms with E-state index in [2.05, 4.69) is 39.1 Å². The van der Waals surface area contributed by atoms with E-state index in [0.717, 1.165) is 29.7 Å². The highest BCUT2D eigenvalue weighted by Gasteiger charge is 2.30. The van der Waals surface area contributed by atoms with E-state index in [1.165, 1.54) is 32.2 Å². The lowest BCUT2D eigenvalue weighted by Crippen LogP contribution is -2.37. The molecular formula is C16H29N. The molecule has 2 aliphatic carbocycles. The zero-order chi connectivity index (χ0) is 12.4. The largest absolute Gasteiger partial charge is 0.313 e. The number of hydrogen-bond acceptors (Lipinski definition) is 1. The first-order valence-corrected chi connectivity index (χ1v) is 7.47. The van der Waals surface area contributed by atoms with Crippen molar-refractivity contribution < 1.29 is 0 Å². The molecule has 0 heterocycles. The summed E-state index contributed by atoms with van der Waals surface area (Å²) in [5.41, 5.74) is 1.60. The van der Waals surface area contributed by atoms with E-state index >= 15 is 0 Å². The Bertz CT molecular complexity index is 281. The Morgan fingerprint density at radius 2 is 2.00 bits per heavy atom. The van der Waals surface area contributed by atoms with Crippen LogP contribution in [0, 0.1) is 23.7 Å². The van der Waals surface area contributed by atoms with Crippen molar-refractivity contribution in [1.29, 1.82) is 0 Å². The van der Waals surface area contributed by atoms with Crippen LogP contribution < -0.4 is 5.32 Å². The Morgan fingerprint density at radius 1 is 1.24 bits per heavy atom. The van der Waals surface area contributed by atoms with Crippen molar-refractivity contribution >= 4 is 0 Å². The van der Waals surface area contributed by atoms with Crippen LogP contribution in [-0.2, 0) is 0 Å². The molecule has 5 unspecified atom stereocenters. The third kappa shape index (κ3) is 3.34. The first kappa shape index (κ1) is 13.1. The maximum absolute atomic E-state index is 3.85. The predicted molar refractivity (Wildman–Crippen MR) is 75.0 cm³/mol. The summed E-state index contributed by atoms with van der Waals surface area (Å²) in [7, 11) is 0. The van der Waals surface area contributed by atoms with Gasteiger partial charge in [0.05, 0.1) is 0 Å². The Hall–Kier alpha value is -0.300. The number of rotatable bonds is 3. The first-order chi connectivity index (χ1) is 8.06. The molecule has 0 bridgehead atoms. The molecule has 1 heteroatoms. The Kier molecular flexibility index (Phi) is 4.30. The quantitative estimate of drug-likeness (QED) is 0.729. The Labute approximate surface area is 107 Å². The highest BCUT2D eigenvalue weighted by Crippen LogP contribution is 2.32. The third-order valence-electron chi connectivity index (χ3n) is 5.02. The lowest BCUT2D eigenvalue weighted by molar-refractivity contribution is 0.320.